The summed E-state index contributed by atoms with van der Waals surface area (Å²) < 4.78 is 18.9. The van der Waals surface area contributed by atoms with Crippen LogP contribution in [0.5, 0.6) is 0 Å². The summed E-state index contributed by atoms with van der Waals surface area (Å²) in [5.74, 6) is -1.81. The van der Waals surface area contributed by atoms with Crippen LogP contribution in [0.1, 0.15) is 22.7 Å². The van der Waals surface area contributed by atoms with Crippen LogP contribution in [0.4, 0.5) is 9.18 Å². The van der Waals surface area contributed by atoms with Crippen LogP contribution in [0.2, 0.25) is 5.02 Å². The van der Waals surface area contributed by atoms with E-state index in [-0.39, 0.29) is 11.4 Å². The normalized spacial score (nSPS) is 13.3. The minimum atomic E-state index is -1.31. The number of benzene rings is 3. The number of carboxylic acids is 1. The molecule has 1 N–H and O–H groups in total. The molecule has 7 heteroatoms. The minimum Gasteiger partial charge on any atom is -0.480 e. The first-order valence-electron chi connectivity index (χ1n) is 9.63. The summed E-state index contributed by atoms with van der Waals surface area (Å²) in [5, 5.41) is 10.2. The van der Waals surface area contributed by atoms with E-state index in [4.69, 9.17) is 16.3 Å². The van der Waals surface area contributed by atoms with Gasteiger partial charge in [-0.25, -0.2) is 14.0 Å². The second-order valence-electron chi connectivity index (χ2n) is 7.29. The zero-order valence-electron chi connectivity index (χ0n) is 16.6. The SMILES string of the molecule is COC(=O)N(C1c2ccccc2-c2ccccc21)[C@@H](Cc1cc(F)cc(Cl)c1)C(=O)O. The molecule has 0 radical (unpaired) electrons. The number of hydrogen-bond donors (Lipinski definition) is 1. The number of ether oxygens (including phenoxy) is 1. The molecule has 4 rings (SSSR count). The average molecular weight is 440 g/mol. The number of halogens is 2. The van der Waals surface area contributed by atoms with Crippen LogP contribution >= 0.6 is 11.6 Å². The molecule has 3 aromatic rings. The number of carboxylic acid groups (broad SMARTS) is 1. The Hall–Kier alpha value is -3.38. The lowest BCUT2D eigenvalue weighted by Gasteiger charge is -2.34. The Balaban J connectivity index is 1.84. The van der Waals surface area contributed by atoms with Gasteiger partial charge in [0.25, 0.3) is 0 Å². The summed E-state index contributed by atoms with van der Waals surface area (Å²) in [7, 11) is 1.21. The van der Waals surface area contributed by atoms with E-state index in [2.05, 4.69) is 0 Å². The van der Waals surface area contributed by atoms with E-state index < -0.39 is 30.0 Å². The molecule has 0 fully saturated rings. The number of rotatable bonds is 5. The predicted octanol–water partition coefficient (Wildman–Crippen LogP) is 5.31. The summed E-state index contributed by atoms with van der Waals surface area (Å²) in [6, 6.07) is 17.0. The van der Waals surface area contributed by atoms with E-state index in [1.807, 2.05) is 48.5 Å². The summed E-state index contributed by atoms with van der Waals surface area (Å²) in [4.78, 5) is 26.5. The van der Waals surface area contributed by atoms with Gasteiger partial charge in [-0.3, -0.25) is 4.90 Å². The molecule has 0 bridgehead atoms. The molecule has 0 aromatic heterocycles. The van der Waals surface area contributed by atoms with Crippen LogP contribution in [-0.2, 0) is 16.0 Å². The van der Waals surface area contributed by atoms with Crippen molar-refractivity contribution in [2.45, 2.75) is 18.5 Å². The lowest BCUT2D eigenvalue weighted by Crippen LogP contribution is -2.48. The lowest BCUT2D eigenvalue weighted by atomic mass is 9.98. The quantitative estimate of drug-likeness (QED) is 0.584. The summed E-state index contributed by atoms with van der Waals surface area (Å²) >= 11 is 5.95. The molecular weight excluding hydrogens is 421 g/mol. The van der Waals surface area contributed by atoms with Gasteiger partial charge in [0.2, 0.25) is 0 Å². The van der Waals surface area contributed by atoms with E-state index in [1.165, 1.54) is 24.1 Å². The van der Waals surface area contributed by atoms with Crippen molar-refractivity contribution in [1.29, 1.82) is 0 Å². The van der Waals surface area contributed by atoms with Crippen molar-refractivity contribution in [3.05, 3.63) is 94.3 Å². The van der Waals surface area contributed by atoms with Gasteiger partial charge < -0.3 is 9.84 Å². The molecular formula is C24H19ClFNO4. The zero-order valence-corrected chi connectivity index (χ0v) is 17.3. The number of amides is 1. The Morgan fingerprint density at radius 1 is 1.06 bits per heavy atom. The topological polar surface area (TPSA) is 66.8 Å². The maximum atomic E-state index is 13.9. The highest BCUT2D eigenvalue weighted by Crippen LogP contribution is 2.47. The van der Waals surface area contributed by atoms with Crippen molar-refractivity contribution in [2.75, 3.05) is 7.11 Å². The van der Waals surface area contributed by atoms with Gasteiger partial charge in [0.15, 0.2) is 0 Å². The van der Waals surface area contributed by atoms with Crippen molar-refractivity contribution in [1.82, 2.24) is 4.90 Å². The first-order chi connectivity index (χ1) is 14.9. The Bertz CT molecular complexity index is 1100. The number of fused-ring (bicyclic) bond motifs is 3. The van der Waals surface area contributed by atoms with Gasteiger partial charge in [0.05, 0.1) is 13.2 Å². The largest absolute Gasteiger partial charge is 0.480 e. The average Bonchev–Trinajstić information content (AvgIpc) is 3.07. The fourth-order valence-corrected chi connectivity index (χ4v) is 4.45. The van der Waals surface area contributed by atoms with Gasteiger partial charge in [-0.15, -0.1) is 0 Å². The van der Waals surface area contributed by atoms with Gasteiger partial charge in [-0.2, -0.15) is 0 Å². The fraction of sp³-hybridized carbons (Fsp3) is 0.167. The van der Waals surface area contributed by atoms with Crippen molar-refractivity contribution >= 4 is 23.7 Å². The van der Waals surface area contributed by atoms with Gasteiger partial charge in [0, 0.05) is 11.4 Å². The highest BCUT2D eigenvalue weighted by atomic mass is 35.5. The number of carbonyl (C=O) groups excluding carboxylic acids is 1. The number of methoxy groups -OCH3 is 1. The molecule has 0 aliphatic heterocycles. The zero-order chi connectivity index (χ0) is 22.1. The van der Waals surface area contributed by atoms with Crippen LogP contribution in [0.15, 0.2) is 66.7 Å². The maximum absolute atomic E-state index is 13.9. The third kappa shape index (κ3) is 3.86. The highest BCUT2D eigenvalue weighted by Gasteiger charge is 2.42. The molecule has 0 unspecified atom stereocenters. The minimum absolute atomic E-state index is 0.136. The molecule has 0 spiro atoms. The van der Waals surface area contributed by atoms with Crippen LogP contribution in [0.3, 0.4) is 0 Å². The molecule has 158 valence electrons. The van der Waals surface area contributed by atoms with Crippen LogP contribution in [0, 0.1) is 5.82 Å². The maximum Gasteiger partial charge on any atom is 0.411 e. The number of aliphatic carboxylic acids is 1. The van der Waals surface area contributed by atoms with Gasteiger partial charge >= 0.3 is 12.1 Å². The van der Waals surface area contributed by atoms with E-state index in [9.17, 15) is 19.1 Å². The van der Waals surface area contributed by atoms with Gasteiger partial charge in [0.1, 0.15) is 11.9 Å². The standard InChI is InChI=1S/C24H19ClFNO4/c1-31-24(30)27(21(23(28)29)12-14-10-15(25)13-16(26)11-14)22-19-8-4-2-6-17(19)18-7-3-5-9-20(18)22/h2-11,13,21-22H,12H2,1H3,(H,28,29)/t21-/m0/s1. The lowest BCUT2D eigenvalue weighted by molar-refractivity contribution is -0.143. The van der Waals surface area contributed by atoms with Gasteiger partial charge in [-0.05, 0) is 46.0 Å². The Kier molecular flexibility index (Phi) is 5.65. The Morgan fingerprint density at radius 2 is 1.65 bits per heavy atom. The predicted molar refractivity (Wildman–Crippen MR) is 115 cm³/mol. The number of carbonyl (C=O) groups is 2. The van der Waals surface area contributed by atoms with E-state index >= 15 is 0 Å². The van der Waals surface area contributed by atoms with E-state index in [0.717, 1.165) is 28.3 Å². The monoisotopic (exact) mass is 439 g/mol. The molecule has 1 aliphatic carbocycles. The molecule has 1 amide bonds. The van der Waals surface area contributed by atoms with E-state index in [0.29, 0.717) is 5.56 Å². The number of nitrogens with zero attached hydrogens (tertiary/aromatic N) is 1. The molecule has 0 heterocycles. The fourth-order valence-electron chi connectivity index (χ4n) is 4.20. The molecule has 1 aliphatic rings. The Morgan fingerprint density at radius 3 is 2.16 bits per heavy atom. The van der Waals surface area contributed by atoms with Crippen LogP contribution in [-0.4, -0.2) is 35.2 Å². The van der Waals surface area contributed by atoms with Crippen molar-refractivity contribution in [3.63, 3.8) is 0 Å². The molecule has 31 heavy (non-hydrogen) atoms. The van der Waals surface area contributed by atoms with Crippen molar-refractivity contribution in [2.24, 2.45) is 0 Å². The third-order valence-corrected chi connectivity index (χ3v) is 5.65. The van der Waals surface area contributed by atoms with Gasteiger partial charge in [-0.1, -0.05) is 60.1 Å². The third-order valence-electron chi connectivity index (χ3n) is 5.44. The molecule has 1 atom stereocenters. The number of hydrogen-bond acceptors (Lipinski definition) is 3. The first-order valence-corrected chi connectivity index (χ1v) is 10.0. The highest BCUT2D eigenvalue weighted by molar-refractivity contribution is 6.30. The first kappa shape index (κ1) is 20.9. The van der Waals surface area contributed by atoms with Crippen molar-refractivity contribution in [3.8, 4) is 11.1 Å². The summed E-state index contributed by atoms with van der Waals surface area (Å²) in [5.41, 5.74) is 3.83. The molecule has 5 nitrogen and oxygen atoms in total. The summed E-state index contributed by atoms with van der Waals surface area (Å²) in [6.45, 7) is 0. The second kappa shape index (κ2) is 8.40. The Labute approximate surface area is 183 Å². The van der Waals surface area contributed by atoms with Crippen molar-refractivity contribution < 1.29 is 23.8 Å². The smallest absolute Gasteiger partial charge is 0.411 e. The van der Waals surface area contributed by atoms with Crippen LogP contribution < -0.4 is 0 Å². The second-order valence-corrected chi connectivity index (χ2v) is 7.73. The molecule has 0 saturated heterocycles. The summed E-state index contributed by atoms with van der Waals surface area (Å²) in [6.07, 6.45) is -0.922. The van der Waals surface area contributed by atoms with E-state index in [1.54, 1.807) is 0 Å². The molecule has 0 saturated carbocycles. The molecule has 3 aromatic carbocycles. The van der Waals surface area contributed by atoms with Crippen LogP contribution in [0.25, 0.3) is 11.1 Å².